The van der Waals surface area contributed by atoms with Crippen LogP contribution in [0, 0.1) is 0 Å². The summed E-state index contributed by atoms with van der Waals surface area (Å²) in [5.74, 6) is 0.577. The van der Waals surface area contributed by atoms with E-state index < -0.39 is 0 Å². The van der Waals surface area contributed by atoms with Crippen molar-refractivity contribution in [2.75, 3.05) is 24.2 Å². The lowest BCUT2D eigenvalue weighted by molar-refractivity contribution is -0.00546. The van der Waals surface area contributed by atoms with Gasteiger partial charge in [-0.1, -0.05) is 29.4 Å². The lowest BCUT2D eigenvalue weighted by Gasteiger charge is -2.36. The number of hydrogen-bond donors (Lipinski definition) is 1. The predicted molar refractivity (Wildman–Crippen MR) is 106 cm³/mol. The van der Waals surface area contributed by atoms with E-state index in [9.17, 15) is 4.79 Å². The van der Waals surface area contributed by atoms with E-state index in [2.05, 4.69) is 39.0 Å². The van der Waals surface area contributed by atoms with Crippen molar-refractivity contribution in [1.29, 1.82) is 0 Å². The highest BCUT2D eigenvalue weighted by Crippen LogP contribution is 2.19. The number of amides is 1. The molecule has 1 aliphatic rings. The van der Waals surface area contributed by atoms with Crippen molar-refractivity contribution in [3.63, 3.8) is 0 Å². The second kappa shape index (κ2) is 8.86. The summed E-state index contributed by atoms with van der Waals surface area (Å²) < 4.78 is 5.76. The van der Waals surface area contributed by atoms with Crippen molar-refractivity contribution >= 4 is 35.1 Å². The minimum absolute atomic E-state index is 0.178. The molecule has 9 heteroatoms. The van der Waals surface area contributed by atoms with Gasteiger partial charge in [-0.2, -0.15) is 0 Å². The van der Waals surface area contributed by atoms with Gasteiger partial charge in [-0.05, 0) is 31.7 Å². The Bertz CT molecular complexity index is 795. The number of carbonyl (C=O) groups excluding carboxylic acids is 1. The number of rotatable bonds is 5. The second-order valence-electron chi connectivity index (χ2n) is 6.42. The summed E-state index contributed by atoms with van der Waals surface area (Å²) in [6.07, 6.45) is 5.41. The van der Waals surface area contributed by atoms with Crippen molar-refractivity contribution in [1.82, 2.24) is 20.3 Å². The zero-order valence-corrected chi connectivity index (χ0v) is 17.0. The van der Waals surface area contributed by atoms with Gasteiger partial charge in [0.25, 0.3) is 5.91 Å². The molecule has 0 aromatic carbocycles. The molecular formula is C18H22ClN5O2S. The second-order valence-corrected chi connectivity index (χ2v) is 7.60. The molecule has 2 unspecified atom stereocenters. The Morgan fingerprint density at radius 1 is 1.30 bits per heavy atom. The Labute approximate surface area is 167 Å². The van der Waals surface area contributed by atoms with Crippen LogP contribution in [0.1, 0.15) is 29.9 Å². The molecule has 0 spiro atoms. The number of pyridine rings is 1. The molecule has 7 nitrogen and oxygen atoms in total. The lowest BCUT2D eigenvalue weighted by atomic mass is 10.2. The lowest BCUT2D eigenvalue weighted by Crippen LogP contribution is -2.45. The standard InChI is InChI=1S/C18H22ClN5O2S/c1-11-9-24(10-12(2)26-11)15-5-4-13(6-20-15)7-21-17(25)16-14(19)8-22-18(23-16)27-3/h4-6,8,11-12H,7,9-10H2,1-3H3,(H,21,25). The summed E-state index contributed by atoms with van der Waals surface area (Å²) in [6, 6.07) is 3.93. The number of morpholine rings is 1. The topological polar surface area (TPSA) is 80.2 Å². The molecule has 2 aromatic heterocycles. The molecular weight excluding hydrogens is 386 g/mol. The first-order chi connectivity index (χ1) is 13.0. The summed E-state index contributed by atoms with van der Waals surface area (Å²) in [4.78, 5) is 27.3. The fourth-order valence-electron chi connectivity index (χ4n) is 2.95. The minimum atomic E-state index is -0.336. The summed E-state index contributed by atoms with van der Waals surface area (Å²) >= 11 is 7.39. The van der Waals surface area contributed by atoms with Gasteiger partial charge in [0.1, 0.15) is 5.82 Å². The molecule has 2 atom stereocenters. The Kier molecular flexibility index (Phi) is 6.51. The highest BCUT2D eigenvalue weighted by atomic mass is 35.5. The number of ether oxygens (including phenoxy) is 1. The van der Waals surface area contributed by atoms with Crippen LogP contribution in [0.5, 0.6) is 0 Å². The molecule has 0 bridgehead atoms. The largest absolute Gasteiger partial charge is 0.372 e. The van der Waals surface area contributed by atoms with Gasteiger partial charge in [-0.15, -0.1) is 0 Å². The van der Waals surface area contributed by atoms with Gasteiger partial charge in [-0.3, -0.25) is 4.79 Å². The highest BCUT2D eigenvalue weighted by molar-refractivity contribution is 7.98. The van der Waals surface area contributed by atoms with E-state index >= 15 is 0 Å². The molecule has 0 saturated carbocycles. The van der Waals surface area contributed by atoms with Crippen LogP contribution in [0.2, 0.25) is 5.02 Å². The van der Waals surface area contributed by atoms with E-state index in [0.717, 1.165) is 24.5 Å². The number of thioether (sulfide) groups is 1. The normalized spacial score (nSPS) is 19.8. The molecule has 0 aliphatic carbocycles. The van der Waals surface area contributed by atoms with Crippen LogP contribution < -0.4 is 10.2 Å². The molecule has 1 fully saturated rings. The van der Waals surface area contributed by atoms with Crippen molar-refractivity contribution in [2.45, 2.75) is 37.8 Å². The quantitative estimate of drug-likeness (QED) is 0.602. The van der Waals surface area contributed by atoms with E-state index in [4.69, 9.17) is 16.3 Å². The van der Waals surface area contributed by atoms with Crippen LogP contribution in [0.25, 0.3) is 0 Å². The summed E-state index contributed by atoms with van der Waals surface area (Å²) in [5, 5.41) is 3.56. The van der Waals surface area contributed by atoms with E-state index in [1.54, 1.807) is 6.20 Å². The van der Waals surface area contributed by atoms with Crippen molar-refractivity contribution in [2.24, 2.45) is 0 Å². The van der Waals surface area contributed by atoms with E-state index in [-0.39, 0.29) is 28.8 Å². The molecule has 144 valence electrons. The number of hydrogen-bond acceptors (Lipinski definition) is 7. The van der Waals surface area contributed by atoms with Gasteiger partial charge >= 0.3 is 0 Å². The van der Waals surface area contributed by atoms with Gasteiger partial charge < -0.3 is 15.0 Å². The molecule has 3 heterocycles. The van der Waals surface area contributed by atoms with E-state index in [0.29, 0.717) is 11.7 Å². The Balaban J connectivity index is 1.61. The maximum absolute atomic E-state index is 12.4. The Morgan fingerprint density at radius 2 is 2.04 bits per heavy atom. The van der Waals surface area contributed by atoms with Crippen LogP contribution in [0.15, 0.2) is 29.7 Å². The zero-order chi connectivity index (χ0) is 19.4. The van der Waals surface area contributed by atoms with Crippen molar-refractivity contribution in [3.8, 4) is 0 Å². The number of halogens is 1. The van der Waals surface area contributed by atoms with E-state index in [1.807, 2.05) is 18.4 Å². The monoisotopic (exact) mass is 407 g/mol. The maximum atomic E-state index is 12.4. The molecule has 1 amide bonds. The van der Waals surface area contributed by atoms with Gasteiger partial charge in [-0.25, -0.2) is 15.0 Å². The van der Waals surface area contributed by atoms with Crippen LogP contribution in [-0.4, -0.2) is 52.4 Å². The smallest absolute Gasteiger partial charge is 0.271 e. The van der Waals surface area contributed by atoms with Crippen LogP contribution in [0.3, 0.4) is 0 Å². The summed E-state index contributed by atoms with van der Waals surface area (Å²) in [7, 11) is 0. The highest BCUT2D eigenvalue weighted by Gasteiger charge is 2.23. The molecule has 1 saturated heterocycles. The maximum Gasteiger partial charge on any atom is 0.271 e. The SMILES string of the molecule is CSc1ncc(Cl)c(C(=O)NCc2ccc(N3CC(C)OC(C)C3)nc2)n1. The third-order valence-corrected chi connectivity index (χ3v) is 4.96. The van der Waals surface area contributed by atoms with Gasteiger partial charge in [0.15, 0.2) is 10.9 Å². The van der Waals surface area contributed by atoms with Crippen LogP contribution >= 0.6 is 23.4 Å². The molecule has 27 heavy (non-hydrogen) atoms. The third kappa shape index (κ3) is 5.09. The van der Waals surface area contributed by atoms with Crippen LogP contribution in [0.4, 0.5) is 5.82 Å². The van der Waals surface area contributed by atoms with Crippen LogP contribution in [-0.2, 0) is 11.3 Å². The average molecular weight is 408 g/mol. The number of carbonyl (C=O) groups is 1. The van der Waals surface area contributed by atoms with Gasteiger partial charge in [0, 0.05) is 25.8 Å². The van der Waals surface area contributed by atoms with Gasteiger partial charge in [0.05, 0.1) is 23.4 Å². The first-order valence-corrected chi connectivity index (χ1v) is 10.3. The average Bonchev–Trinajstić information content (AvgIpc) is 2.66. The number of aromatic nitrogens is 3. The first kappa shape index (κ1) is 19.9. The summed E-state index contributed by atoms with van der Waals surface area (Å²) in [5.41, 5.74) is 1.08. The van der Waals surface area contributed by atoms with E-state index in [1.165, 1.54) is 18.0 Å². The molecule has 3 rings (SSSR count). The van der Waals surface area contributed by atoms with Crippen molar-refractivity contribution in [3.05, 3.63) is 40.8 Å². The molecule has 1 N–H and O–H groups in total. The summed E-state index contributed by atoms with van der Waals surface area (Å²) in [6.45, 7) is 6.10. The first-order valence-electron chi connectivity index (χ1n) is 8.66. The number of anilines is 1. The molecule has 0 radical (unpaired) electrons. The minimum Gasteiger partial charge on any atom is -0.372 e. The Morgan fingerprint density at radius 3 is 2.67 bits per heavy atom. The fraction of sp³-hybridized carbons (Fsp3) is 0.444. The molecule has 1 aliphatic heterocycles. The third-order valence-electron chi connectivity index (χ3n) is 4.13. The van der Waals surface area contributed by atoms with Crippen molar-refractivity contribution < 1.29 is 9.53 Å². The zero-order valence-electron chi connectivity index (χ0n) is 15.5. The van der Waals surface area contributed by atoms with Gasteiger partial charge in [0.2, 0.25) is 0 Å². The number of nitrogens with one attached hydrogen (secondary N) is 1. The Hall–Kier alpha value is -1.90. The molecule has 2 aromatic rings. The predicted octanol–water partition coefficient (Wildman–Crippen LogP) is 2.79. The fourth-order valence-corrected chi connectivity index (χ4v) is 3.47. The number of nitrogens with zero attached hydrogens (tertiary/aromatic N) is 4.